The van der Waals surface area contributed by atoms with Crippen LogP contribution in [0.1, 0.15) is 94.9 Å². The second-order valence-corrected chi connectivity index (χ2v) is 17.2. The van der Waals surface area contributed by atoms with Gasteiger partial charge in [0, 0.05) is 50.5 Å². The average molecular weight is 820 g/mol. The molecule has 3 fully saturated rings. The summed E-state index contributed by atoms with van der Waals surface area (Å²) in [6.07, 6.45) is -7.90. The van der Waals surface area contributed by atoms with Crippen LogP contribution in [0.15, 0.2) is 12.7 Å². The molecule has 3 heterocycles. The first-order chi connectivity index (χ1) is 26.3. The smallest absolute Gasteiger partial charge is 0.327 e. The molecule has 0 bridgehead atoms. The summed E-state index contributed by atoms with van der Waals surface area (Å²) in [7, 11) is 6.77. The normalized spacial score (nSPS) is 45.3. The van der Waals surface area contributed by atoms with Crippen molar-refractivity contribution in [3.63, 3.8) is 0 Å². The van der Waals surface area contributed by atoms with Gasteiger partial charge in [-0.1, -0.05) is 34.3 Å². The first-order valence-corrected chi connectivity index (χ1v) is 20.0. The van der Waals surface area contributed by atoms with Crippen molar-refractivity contribution in [1.29, 1.82) is 0 Å². The third kappa shape index (κ3) is 12.0. The Kier molecular flexibility index (Phi) is 18.7. The number of aliphatic carboxylic acids is 1. The Morgan fingerprint density at radius 3 is 1.96 bits per heavy atom. The Labute approximate surface area is 339 Å². The van der Waals surface area contributed by atoms with E-state index in [-0.39, 0.29) is 37.2 Å². The third-order valence-corrected chi connectivity index (χ3v) is 12.4. The van der Waals surface area contributed by atoms with Gasteiger partial charge in [-0.2, -0.15) is 0 Å². The van der Waals surface area contributed by atoms with Crippen LogP contribution in [0, 0.1) is 23.7 Å². The largest absolute Gasteiger partial charge is 0.478 e. The number of esters is 1. The van der Waals surface area contributed by atoms with Crippen LogP contribution in [-0.4, -0.2) is 161 Å². The summed E-state index contributed by atoms with van der Waals surface area (Å²) in [4.78, 5) is 39.3. The van der Waals surface area contributed by atoms with E-state index < -0.39 is 108 Å². The fourth-order valence-electron chi connectivity index (χ4n) is 8.58. The molecule has 16 heteroatoms. The van der Waals surface area contributed by atoms with Crippen molar-refractivity contribution in [3.05, 3.63) is 12.7 Å². The van der Waals surface area contributed by atoms with Crippen LogP contribution in [-0.2, 0) is 47.5 Å². The van der Waals surface area contributed by atoms with Gasteiger partial charge in [0.2, 0.25) is 0 Å². The maximum absolute atomic E-state index is 14.2. The van der Waals surface area contributed by atoms with Gasteiger partial charge in [-0.05, 0) is 74.9 Å². The number of rotatable bonds is 9. The van der Waals surface area contributed by atoms with Gasteiger partial charge in [0.05, 0.1) is 47.6 Å². The van der Waals surface area contributed by atoms with Gasteiger partial charge in [0.1, 0.15) is 29.7 Å². The number of cyclic esters (lactones) is 1. The zero-order valence-electron chi connectivity index (χ0n) is 36.5. The summed E-state index contributed by atoms with van der Waals surface area (Å²) in [5.74, 6) is -5.45. The van der Waals surface area contributed by atoms with Crippen LogP contribution in [0.4, 0.5) is 0 Å². The topological polar surface area (TPSA) is 220 Å². The number of aliphatic hydroxyl groups is 4. The van der Waals surface area contributed by atoms with Crippen molar-refractivity contribution in [2.45, 2.75) is 179 Å². The molecule has 0 aliphatic carbocycles. The minimum atomic E-state index is -1.96. The lowest BCUT2D eigenvalue weighted by Crippen LogP contribution is -2.61. The van der Waals surface area contributed by atoms with Crippen LogP contribution in [0.3, 0.4) is 0 Å². The number of Topliss-reactive ketones (excluding diaryl/α,β-unsaturated/α-hetero) is 1. The zero-order valence-corrected chi connectivity index (χ0v) is 36.5. The number of aliphatic hydroxyl groups excluding tert-OH is 3. The van der Waals surface area contributed by atoms with Gasteiger partial charge in [0.25, 0.3) is 0 Å². The summed E-state index contributed by atoms with van der Waals surface area (Å²) < 4.78 is 43.9. The molecule has 332 valence electrons. The predicted octanol–water partition coefficient (Wildman–Crippen LogP) is 2.70. The van der Waals surface area contributed by atoms with E-state index in [2.05, 4.69) is 6.58 Å². The first-order valence-electron chi connectivity index (χ1n) is 20.0. The number of nitrogens with zero attached hydrogens (tertiary/aromatic N) is 1. The van der Waals surface area contributed by atoms with Crippen LogP contribution in [0.5, 0.6) is 0 Å². The quantitative estimate of drug-likeness (QED) is 0.167. The van der Waals surface area contributed by atoms with E-state index in [0.29, 0.717) is 6.42 Å². The molecule has 16 nitrogen and oxygen atoms in total. The Balaban J connectivity index is 0.00000210. The molecule has 1 unspecified atom stereocenters. The fourth-order valence-corrected chi connectivity index (χ4v) is 8.58. The molecule has 18 atom stereocenters. The number of hydrogen-bond acceptors (Lipinski definition) is 15. The number of ether oxygens (including phenoxy) is 7. The minimum Gasteiger partial charge on any atom is -0.478 e. The maximum atomic E-state index is 14.2. The van der Waals surface area contributed by atoms with E-state index in [1.165, 1.54) is 21.1 Å². The number of carboxylic acid groups (broad SMARTS) is 1. The van der Waals surface area contributed by atoms with Gasteiger partial charge in [-0.3, -0.25) is 9.59 Å². The van der Waals surface area contributed by atoms with Crippen molar-refractivity contribution < 1.29 is 73.1 Å². The predicted molar refractivity (Wildman–Crippen MR) is 209 cm³/mol. The van der Waals surface area contributed by atoms with Crippen LogP contribution < -0.4 is 0 Å². The highest BCUT2D eigenvalue weighted by Gasteiger charge is 2.54. The lowest BCUT2D eigenvalue weighted by molar-refractivity contribution is -0.319. The molecule has 3 aliphatic heterocycles. The maximum Gasteiger partial charge on any atom is 0.327 e. The Hall–Kier alpha value is -2.09. The van der Waals surface area contributed by atoms with Gasteiger partial charge < -0.3 is 63.6 Å². The number of methoxy groups -OCH3 is 2. The van der Waals surface area contributed by atoms with Crippen LogP contribution in [0.25, 0.3) is 0 Å². The SMILES string of the molecule is C=CC(=O)O.CC[C@H]1OC(=O)[C@H](C)[C@@H](O[C@H]2C[C@@](C)(OC)[C@@H](O)[C@H](C)O2)C(C)[C@@H](O[C@@H]2O[C@H](C)C[C@H](N(C)C)[C@H]2O)[C@](C)(OC)C[C@@H](C)C(=O)[C@H](C)[C@@H](O)[C@]1(C)O. The Bertz CT molecular complexity index is 1330. The molecular formula is C41H73NO15. The number of carbonyl (C=O) groups is 3. The number of carbonyl (C=O) groups excluding carboxylic acids is 2. The first kappa shape index (κ1) is 51.1. The molecular weight excluding hydrogens is 746 g/mol. The molecule has 0 aromatic heterocycles. The van der Waals surface area contributed by atoms with E-state index >= 15 is 0 Å². The Morgan fingerprint density at radius 1 is 0.912 bits per heavy atom. The van der Waals surface area contributed by atoms with Crippen molar-refractivity contribution >= 4 is 17.7 Å². The molecule has 3 aliphatic rings. The standard InChI is InChI=1S/C38H69NO13.C3H4O2/c1-15-26-38(10,45)31(42)21(4)28(40)19(2)17-37(9,47-14)33(52-35-29(41)25(39(11)12)16-20(3)48-35)22(5)30(23(6)34(44)50-26)51-27-18-36(8,46-13)32(43)24(7)49-27;1-2-3(4)5/h19-27,29-33,35,41-43,45H,15-18H2,1-14H3;2H,1H2,(H,4,5)/t19-,20-,21+,22?,23-,24+,25+,26-,27+,29-,30+,31-,32+,33-,35+,36-,37-,38-;/m1./s1. The van der Waals surface area contributed by atoms with E-state index in [1.807, 2.05) is 32.8 Å². The van der Waals surface area contributed by atoms with Crippen LogP contribution >= 0.6 is 0 Å². The molecule has 0 aromatic rings. The van der Waals surface area contributed by atoms with Crippen molar-refractivity contribution in [2.24, 2.45) is 23.7 Å². The van der Waals surface area contributed by atoms with Gasteiger partial charge >= 0.3 is 11.9 Å². The molecule has 0 spiro atoms. The molecule has 0 amide bonds. The molecule has 57 heavy (non-hydrogen) atoms. The number of carboxylic acids is 1. The Morgan fingerprint density at radius 2 is 1.47 bits per heavy atom. The highest BCUT2D eigenvalue weighted by Crippen LogP contribution is 2.41. The number of ketones is 1. The summed E-state index contributed by atoms with van der Waals surface area (Å²) in [5, 5.41) is 53.2. The summed E-state index contributed by atoms with van der Waals surface area (Å²) in [6, 6.07) is -0.283. The lowest BCUT2D eigenvalue weighted by Gasteiger charge is -2.50. The highest BCUT2D eigenvalue weighted by atomic mass is 16.7. The molecule has 3 saturated heterocycles. The molecule has 0 aromatic carbocycles. The van der Waals surface area contributed by atoms with Gasteiger partial charge in [0.15, 0.2) is 12.6 Å². The monoisotopic (exact) mass is 819 g/mol. The number of hydrogen-bond donors (Lipinski definition) is 5. The molecule has 0 saturated carbocycles. The van der Waals surface area contributed by atoms with E-state index in [0.717, 1.165) is 6.08 Å². The molecule has 0 radical (unpaired) electrons. The number of likely N-dealkylation sites (N-methyl/N-ethyl adjacent to an activating group) is 1. The lowest BCUT2D eigenvalue weighted by atomic mass is 9.74. The minimum absolute atomic E-state index is 0.111. The summed E-state index contributed by atoms with van der Waals surface area (Å²) in [6.45, 7) is 20.0. The van der Waals surface area contributed by atoms with E-state index in [9.17, 15) is 34.8 Å². The third-order valence-electron chi connectivity index (χ3n) is 12.4. The van der Waals surface area contributed by atoms with Gasteiger partial charge in [-0.15, -0.1) is 0 Å². The second-order valence-electron chi connectivity index (χ2n) is 17.2. The summed E-state index contributed by atoms with van der Waals surface area (Å²) in [5.41, 5.74) is -4.24. The molecule has 5 N–H and O–H groups in total. The zero-order chi connectivity index (χ0) is 44.0. The summed E-state index contributed by atoms with van der Waals surface area (Å²) >= 11 is 0. The fraction of sp³-hybridized carbons (Fsp3) is 0.878. The van der Waals surface area contributed by atoms with Crippen molar-refractivity contribution in [3.8, 4) is 0 Å². The second kappa shape index (κ2) is 20.9. The van der Waals surface area contributed by atoms with Crippen LogP contribution in [0.2, 0.25) is 0 Å². The van der Waals surface area contributed by atoms with E-state index in [1.54, 1.807) is 48.5 Å². The van der Waals surface area contributed by atoms with Crippen molar-refractivity contribution in [1.82, 2.24) is 4.90 Å². The highest BCUT2D eigenvalue weighted by molar-refractivity contribution is 5.83. The average Bonchev–Trinajstić information content (AvgIpc) is 3.15. The van der Waals surface area contributed by atoms with Crippen molar-refractivity contribution in [2.75, 3.05) is 28.3 Å². The van der Waals surface area contributed by atoms with Gasteiger partial charge in [-0.25, -0.2) is 4.79 Å². The van der Waals surface area contributed by atoms with E-state index in [4.69, 9.17) is 38.3 Å². The molecule has 3 rings (SSSR count).